The van der Waals surface area contributed by atoms with Crippen LogP contribution in [-0.4, -0.2) is 54.5 Å². The molecule has 6 nitrogen and oxygen atoms in total. The number of carbonyl (C=O) groups is 2. The second-order valence-electron chi connectivity index (χ2n) is 8.44. The zero-order valence-electron chi connectivity index (χ0n) is 18.8. The second-order valence-corrected chi connectivity index (χ2v) is 8.44. The Bertz CT molecular complexity index is 923. The molecule has 1 saturated heterocycles. The van der Waals surface area contributed by atoms with E-state index in [4.69, 9.17) is 9.47 Å². The van der Waals surface area contributed by atoms with Gasteiger partial charge in [0.1, 0.15) is 11.5 Å². The first-order chi connectivity index (χ1) is 15.6. The molecule has 0 atom stereocenters. The Kier molecular flexibility index (Phi) is 7.30. The van der Waals surface area contributed by atoms with Gasteiger partial charge >= 0.3 is 0 Å². The molecule has 0 unspecified atom stereocenters. The average molecular weight is 437 g/mol. The third kappa shape index (κ3) is 5.42. The van der Waals surface area contributed by atoms with Gasteiger partial charge in [-0.3, -0.25) is 9.59 Å². The lowest BCUT2D eigenvalue weighted by molar-refractivity contribution is -0.141. The van der Waals surface area contributed by atoms with E-state index in [-0.39, 0.29) is 17.7 Å². The largest absolute Gasteiger partial charge is 0.494 e. The Labute approximate surface area is 190 Å². The Morgan fingerprint density at radius 2 is 1.69 bits per heavy atom. The third-order valence-corrected chi connectivity index (χ3v) is 6.34. The molecule has 6 heteroatoms. The minimum atomic E-state index is -0.00348. The number of amides is 2. The lowest BCUT2D eigenvalue weighted by atomic mass is 9.93. The quantitative estimate of drug-likeness (QED) is 0.664. The van der Waals surface area contributed by atoms with E-state index in [2.05, 4.69) is 12.1 Å². The molecule has 170 valence electrons. The van der Waals surface area contributed by atoms with Crippen molar-refractivity contribution in [2.75, 3.05) is 32.8 Å². The Morgan fingerprint density at radius 1 is 0.906 bits per heavy atom. The van der Waals surface area contributed by atoms with Gasteiger partial charge in [0.2, 0.25) is 11.8 Å². The van der Waals surface area contributed by atoms with E-state index in [1.54, 1.807) is 0 Å². The summed E-state index contributed by atoms with van der Waals surface area (Å²) in [6, 6.07) is 15.7. The standard InChI is InChI=1S/C26H32N2O4/c1-2-31-24-9-8-20-10-16-28(19-22(20)18-24)26(30)21-11-14-27(15-12-21)25(29)13-17-32-23-6-4-3-5-7-23/h3-9,18,21H,2,10-17,19H2,1H3. The minimum Gasteiger partial charge on any atom is -0.494 e. The molecule has 2 amide bonds. The number of likely N-dealkylation sites (tertiary alicyclic amines) is 1. The number of ether oxygens (including phenoxy) is 2. The van der Waals surface area contributed by atoms with Crippen LogP contribution in [0.2, 0.25) is 0 Å². The minimum absolute atomic E-state index is 0.00348. The predicted octanol–water partition coefficient (Wildman–Crippen LogP) is 3.68. The van der Waals surface area contributed by atoms with Gasteiger partial charge in [-0.25, -0.2) is 0 Å². The van der Waals surface area contributed by atoms with Crippen LogP contribution in [0.3, 0.4) is 0 Å². The van der Waals surface area contributed by atoms with E-state index in [0.29, 0.717) is 39.3 Å². The summed E-state index contributed by atoms with van der Waals surface area (Å²) >= 11 is 0. The number of piperidine rings is 1. The van der Waals surface area contributed by atoms with E-state index < -0.39 is 0 Å². The van der Waals surface area contributed by atoms with Crippen molar-refractivity contribution in [1.82, 2.24) is 9.80 Å². The molecule has 0 N–H and O–H groups in total. The van der Waals surface area contributed by atoms with Crippen LogP contribution >= 0.6 is 0 Å². The zero-order valence-corrected chi connectivity index (χ0v) is 18.8. The molecule has 0 radical (unpaired) electrons. The molecule has 2 heterocycles. The lowest BCUT2D eigenvalue weighted by Crippen LogP contribution is -2.45. The number of hydrogen-bond donors (Lipinski definition) is 0. The number of hydrogen-bond acceptors (Lipinski definition) is 4. The number of fused-ring (bicyclic) bond motifs is 1. The highest BCUT2D eigenvalue weighted by Crippen LogP contribution is 2.27. The average Bonchev–Trinajstić information content (AvgIpc) is 2.84. The molecule has 0 saturated carbocycles. The normalized spacial score (nSPS) is 16.4. The molecule has 0 aromatic heterocycles. The number of nitrogens with zero attached hydrogens (tertiary/aromatic N) is 2. The first-order valence-electron chi connectivity index (χ1n) is 11.6. The van der Waals surface area contributed by atoms with Crippen LogP contribution in [0.5, 0.6) is 11.5 Å². The summed E-state index contributed by atoms with van der Waals surface area (Å²) in [7, 11) is 0. The molecule has 0 bridgehead atoms. The van der Waals surface area contributed by atoms with Crippen LogP contribution in [-0.2, 0) is 22.6 Å². The highest BCUT2D eigenvalue weighted by molar-refractivity contribution is 5.80. The fourth-order valence-electron chi connectivity index (χ4n) is 4.54. The van der Waals surface area contributed by atoms with Crippen molar-refractivity contribution in [2.24, 2.45) is 5.92 Å². The van der Waals surface area contributed by atoms with Crippen molar-refractivity contribution in [3.05, 3.63) is 59.7 Å². The maximum Gasteiger partial charge on any atom is 0.226 e. The summed E-state index contributed by atoms with van der Waals surface area (Å²) in [5.74, 6) is 1.96. The smallest absolute Gasteiger partial charge is 0.226 e. The summed E-state index contributed by atoms with van der Waals surface area (Å²) < 4.78 is 11.3. The SMILES string of the molecule is CCOc1ccc2c(c1)CN(C(=O)C1CCN(C(=O)CCOc3ccccc3)CC1)CC2. The summed E-state index contributed by atoms with van der Waals surface area (Å²) in [6.07, 6.45) is 2.70. The lowest BCUT2D eigenvalue weighted by Gasteiger charge is -2.36. The van der Waals surface area contributed by atoms with Crippen molar-refractivity contribution >= 4 is 11.8 Å². The van der Waals surface area contributed by atoms with E-state index >= 15 is 0 Å². The zero-order chi connectivity index (χ0) is 22.3. The van der Waals surface area contributed by atoms with Crippen molar-refractivity contribution in [1.29, 1.82) is 0 Å². The number of carbonyl (C=O) groups excluding carboxylic acids is 2. The summed E-state index contributed by atoms with van der Waals surface area (Å²) in [5.41, 5.74) is 2.48. The molecule has 2 aliphatic rings. The molecule has 2 aromatic carbocycles. The number of para-hydroxylation sites is 1. The Morgan fingerprint density at radius 3 is 2.44 bits per heavy atom. The monoisotopic (exact) mass is 436 g/mol. The molecule has 0 spiro atoms. The summed E-state index contributed by atoms with van der Waals surface area (Å²) in [6.45, 7) is 5.66. The summed E-state index contributed by atoms with van der Waals surface area (Å²) in [5, 5.41) is 0. The van der Waals surface area contributed by atoms with E-state index in [0.717, 1.165) is 37.3 Å². The Balaban J connectivity index is 1.24. The molecular formula is C26H32N2O4. The fraction of sp³-hybridized carbons (Fsp3) is 0.462. The van der Waals surface area contributed by atoms with Gasteiger partial charge in [-0.2, -0.15) is 0 Å². The number of benzene rings is 2. The van der Waals surface area contributed by atoms with Gasteiger partial charge in [-0.15, -0.1) is 0 Å². The molecule has 0 aliphatic carbocycles. The van der Waals surface area contributed by atoms with Crippen LogP contribution in [0.25, 0.3) is 0 Å². The number of rotatable bonds is 7. The topological polar surface area (TPSA) is 59.1 Å². The predicted molar refractivity (Wildman–Crippen MR) is 123 cm³/mol. The maximum atomic E-state index is 13.2. The van der Waals surface area contributed by atoms with Gasteiger partial charge in [0.25, 0.3) is 0 Å². The first kappa shape index (κ1) is 22.2. The van der Waals surface area contributed by atoms with Gasteiger partial charge in [0.05, 0.1) is 19.6 Å². The summed E-state index contributed by atoms with van der Waals surface area (Å²) in [4.78, 5) is 29.5. The van der Waals surface area contributed by atoms with Gasteiger partial charge in [-0.1, -0.05) is 24.3 Å². The van der Waals surface area contributed by atoms with Crippen molar-refractivity contribution < 1.29 is 19.1 Å². The second kappa shape index (κ2) is 10.5. The van der Waals surface area contributed by atoms with Gasteiger partial charge in [0.15, 0.2) is 0 Å². The van der Waals surface area contributed by atoms with E-state index in [9.17, 15) is 9.59 Å². The van der Waals surface area contributed by atoms with E-state index in [1.807, 2.05) is 53.1 Å². The van der Waals surface area contributed by atoms with Crippen molar-refractivity contribution in [2.45, 2.75) is 39.2 Å². The Hall–Kier alpha value is -3.02. The van der Waals surface area contributed by atoms with Crippen molar-refractivity contribution in [3.8, 4) is 11.5 Å². The molecule has 2 aromatic rings. The van der Waals surface area contributed by atoms with Gasteiger partial charge < -0.3 is 19.3 Å². The molecule has 1 fully saturated rings. The maximum absolute atomic E-state index is 13.2. The van der Waals surface area contributed by atoms with Gasteiger partial charge in [0, 0.05) is 32.1 Å². The highest BCUT2D eigenvalue weighted by Gasteiger charge is 2.31. The van der Waals surface area contributed by atoms with Crippen LogP contribution in [0.1, 0.15) is 37.3 Å². The van der Waals surface area contributed by atoms with Crippen LogP contribution < -0.4 is 9.47 Å². The molecule has 4 rings (SSSR count). The highest BCUT2D eigenvalue weighted by atomic mass is 16.5. The van der Waals surface area contributed by atoms with Crippen LogP contribution in [0.15, 0.2) is 48.5 Å². The third-order valence-electron chi connectivity index (χ3n) is 6.34. The first-order valence-corrected chi connectivity index (χ1v) is 11.6. The van der Waals surface area contributed by atoms with Crippen LogP contribution in [0, 0.1) is 5.92 Å². The van der Waals surface area contributed by atoms with Crippen molar-refractivity contribution in [3.63, 3.8) is 0 Å². The molecular weight excluding hydrogens is 404 g/mol. The molecule has 32 heavy (non-hydrogen) atoms. The van der Waals surface area contributed by atoms with Crippen LogP contribution in [0.4, 0.5) is 0 Å². The fourth-order valence-corrected chi connectivity index (χ4v) is 4.54. The van der Waals surface area contributed by atoms with Gasteiger partial charge in [-0.05, 0) is 61.6 Å². The van der Waals surface area contributed by atoms with E-state index in [1.165, 1.54) is 11.1 Å². The molecule has 2 aliphatic heterocycles.